The number of hydrogen-bond donors (Lipinski definition) is 8. The molecule has 0 aliphatic rings. The van der Waals surface area contributed by atoms with Gasteiger partial charge < -0.3 is 55.0 Å². The summed E-state index contributed by atoms with van der Waals surface area (Å²) in [5, 5.41) is 75.3. The normalized spacial score (nSPS) is 11.7. The Bertz CT molecular complexity index is 3290. The number of rotatable bonds is 14. The van der Waals surface area contributed by atoms with Gasteiger partial charge in [-0.15, -0.1) is 20.5 Å². The molecule has 0 fully saturated rings. The van der Waals surface area contributed by atoms with Gasteiger partial charge in [0.15, 0.2) is 0 Å². The Balaban J connectivity index is 0.000000320. The van der Waals surface area contributed by atoms with E-state index in [1.54, 1.807) is 0 Å². The van der Waals surface area contributed by atoms with E-state index in [0.29, 0.717) is 0 Å². The monoisotopic (exact) mass is 1100 g/mol. The summed E-state index contributed by atoms with van der Waals surface area (Å²) in [4.78, 5) is 40.1. The van der Waals surface area contributed by atoms with Crippen molar-refractivity contribution < 1.29 is 45.6 Å². The van der Waals surface area contributed by atoms with E-state index in [-0.39, 0.29) is 140 Å². The van der Waals surface area contributed by atoms with Crippen LogP contribution in [0.5, 0.6) is 0 Å². The maximum atomic E-state index is 11.7. The summed E-state index contributed by atoms with van der Waals surface area (Å²) >= 11 is 0. The molecule has 0 amide bonds. The van der Waals surface area contributed by atoms with Crippen LogP contribution in [0, 0.1) is 54.3 Å². The van der Waals surface area contributed by atoms with Crippen molar-refractivity contribution in [1.82, 2.24) is 0 Å². The van der Waals surface area contributed by atoms with Crippen molar-refractivity contribution in [2.45, 2.75) is 23.6 Å². The van der Waals surface area contributed by atoms with E-state index in [4.69, 9.17) is 45.9 Å². The third-order valence-electron chi connectivity index (χ3n) is 9.78. The van der Waals surface area contributed by atoms with Gasteiger partial charge in [-0.2, -0.15) is 20.5 Å². The predicted molar refractivity (Wildman–Crippen MR) is 268 cm³/mol. The Hall–Kier alpha value is -9.20. The molecule has 384 valence electrons. The van der Waals surface area contributed by atoms with Crippen molar-refractivity contribution in [2.24, 2.45) is 40.9 Å². The van der Waals surface area contributed by atoms with E-state index in [9.17, 15) is 66.4 Å². The maximum Gasteiger partial charge on any atom is 2.00 e. The third kappa shape index (κ3) is 14.1. The second kappa shape index (κ2) is 23.1. The van der Waals surface area contributed by atoms with Crippen LogP contribution >= 0.6 is 0 Å². The van der Waals surface area contributed by atoms with Crippen LogP contribution < -0.4 is 45.9 Å². The molecule has 6 aromatic carbocycles. The summed E-state index contributed by atoms with van der Waals surface area (Å²) in [5.74, 6) is 0. The molecule has 0 unspecified atom stereocenters. The van der Waals surface area contributed by atoms with Gasteiger partial charge >= 0.3 is 37.7 Å². The molecule has 37 heteroatoms. The van der Waals surface area contributed by atoms with E-state index < -0.39 is 72.5 Å². The number of nitrogens with zero attached hydrogens (tertiary/aromatic N) is 12. The Morgan fingerprint density at radius 3 is 0.667 bits per heavy atom. The van der Waals surface area contributed by atoms with E-state index in [2.05, 4.69) is 40.9 Å². The summed E-state index contributed by atoms with van der Waals surface area (Å²) < 4.78 is 70.2. The van der Waals surface area contributed by atoms with Gasteiger partial charge in [0.2, 0.25) is 0 Å². The Kier molecular flexibility index (Phi) is 18.0. The molecule has 0 aromatic heterocycles. The number of nitro benzene ring substituents is 4. The van der Waals surface area contributed by atoms with Gasteiger partial charge in [-0.1, -0.05) is 0 Å². The van der Waals surface area contributed by atoms with Crippen molar-refractivity contribution in [3.05, 3.63) is 124 Å². The fraction of sp³-hybridized carbons (Fsp3) is 0.0526. The molecule has 0 radical (unpaired) electrons. The van der Waals surface area contributed by atoms with Crippen molar-refractivity contribution in [1.29, 1.82) is 0 Å². The predicted octanol–water partition coefficient (Wildman–Crippen LogP) is 7.37. The number of nitrogens with two attached hydrogens (primary N) is 8. The molecule has 6 aromatic rings. The number of hydrogen-bond acceptors (Lipinski definition) is 30. The van der Waals surface area contributed by atoms with Crippen molar-refractivity contribution >= 4 is 172 Å². The molecule has 6 rings (SSSR count). The van der Waals surface area contributed by atoms with Crippen LogP contribution in [0.2, 0.25) is 0 Å². The van der Waals surface area contributed by atoms with Gasteiger partial charge in [0.25, 0.3) is 22.7 Å². The average Bonchev–Trinajstić information content (AvgIpc) is 3.28. The van der Waals surface area contributed by atoms with Crippen molar-refractivity contribution in [2.75, 3.05) is 45.9 Å². The molecule has 16 N–H and O–H groups in total. The second-order valence-corrected chi connectivity index (χ2v) is 17.5. The van der Waals surface area contributed by atoms with E-state index in [0.717, 1.165) is 72.8 Å². The van der Waals surface area contributed by atoms with E-state index in [1.807, 2.05) is 0 Å². The van der Waals surface area contributed by atoms with Crippen LogP contribution in [0.4, 0.5) is 114 Å². The molecule has 0 saturated heterocycles. The molecule has 0 saturated carbocycles. The molecule has 0 bridgehead atoms. The molecule has 0 atom stereocenters. The van der Waals surface area contributed by atoms with Gasteiger partial charge in [-0.05, 0) is 62.4 Å². The third-order valence-corrected chi connectivity index (χ3v) is 11.4. The van der Waals surface area contributed by atoms with Crippen LogP contribution in [-0.4, -0.2) is 83.4 Å². The van der Waals surface area contributed by atoms with E-state index >= 15 is 0 Å². The SMILES string of the molecule is Cc1c(N=Nc2cc([N+](=O)[O-])c(N)cc2N)cc(S(=O)(=O)[O-])cc1N=Nc1cc([N+](=O)[O-])c(N)cc1N.Cc1c(N=Nc2cc([N+](=O)[O-])c(N)cc2N)cc(S(=O)(=O)[O-])cc1N=Nc1cc([N+](=O)[O-])c(N)cc1N.[Ca+2]. The first-order valence-corrected chi connectivity index (χ1v) is 22.4. The molecule has 0 aliphatic heterocycles. The molecule has 0 aliphatic carbocycles. The van der Waals surface area contributed by atoms with Crippen LogP contribution in [0.25, 0.3) is 0 Å². The summed E-state index contributed by atoms with van der Waals surface area (Å²) in [6, 6.07) is 11.9. The Morgan fingerprint density at radius 2 is 0.507 bits per heavy atom. The first-order valence-electron chi connectivity index (χ1n) is 19.6. The molecule has 75 heavy (non-hydrogen) atoms. The standard InChI is InChI=1S/2C19H18N10O7S.Ca/c2*1-8-14(24-26-16-6-18(28(30)31)12(22)4-10(16)20)2-9(37(34,35)36)3-15(8)25-27-17-7-19(29(32)33)13(23)5-11(17)21;/h2*2-7H,20-23H2,1H3,(H,34,35,36);/q;;+2/p-2. The van der Waals surface area contributed by atoms with Gasteiger partial charge in [0.1, 0.15) is 65.7 Å². The van der Waals surface area contributed by atoms with Crippen LogP contribution in [0.1, 0.15) is 11.1 Å². The quantitative estimate of drug-likeness (QED) is 0.0132. The van der Waals surface area contributed by atoms with Crippen molar-refractivity contribution in [3.8, 4) is 0 Å². The van der Waals surface area contributed by atoms with Gasteiger partial charge in [-0.3, -0.25) is 40.5 Å². The zero-order chi connectivity index (χ0) is 55.3. The minimum atomic E-state index is -5.01. The fourth-order valence-corrected chi connectivity index (χ4v) is 6.90. The number of azo groups is 4. The molecular formula is C38H34CaN20O14S2. The zero-order valence-electron chi connectivity index (χ0n) is 38.2. The van der Waals surface area contributed by atoms with Gasteiger partial charge in [0.05, 0.1) is 75.0 Å². The van der Waals surface area contributed by atoms with Gasteiger partial charge in [-0.25, -0.2) is 16.8 Å². The molecular weight excluding hydrogens is 1060 g/mol. The van der Waals surface area contributed by atoms with Gasteiger partial charge in [0, 0.05) is 35.4 Å². The number of nitrogen functional groups attached to an aromatic ring is 8. The topological polar surface area (TPSA) is 594 Å². The van der Waals surface area contributed by atoms with Crippen LogP contribution in [0.15, 0.2) is 124 Å². The number of benzene rings is 6. The summed E-state index contributed by atoms with van der Waals surface area (Å²) in [6.07, 6.45) is 0. The summed E-state index contributed by atoms with van der Waals surface area (Å²) in [7, 11) is -10.0. The summed E-state index contributed by atoms with van der Waals surface area (Å²) in [6.45, 7) is 2.88. The minimum absolute atomic E-state index is 0. The zero-order valence-corrected chi connectivity index (χ0v) is 42.0. The average molecular weight is 1100 g/mol. The van der Waals surface area contributed by atoms with Crippen LogP contribution in [-0.2, 0) is 20.2 Å². The second-order valence-electron chi connectivity index (χ2n) is 14.8. The number of nitro groups is 4. The summed E-state index contributed by atoms with van der Waals surface area (Å²) in [5.41, 5.74) is 41.5. The van der Waals surface area contributed by atoms with E-state index in [1.165, 1.54) is 13.8 Å². The first kappa shape index (κ1) is 58.4. The van der Waals surface area contributed by atoms with Crippen molar-refractivity contribution in [3.63, 3.8) is 0 Å². The Labute approximate surface area is 449 Å². The fourth-order valence-electron chi connectivity index (χ4n) is 5.88. The largest absolute Gasteiger partial charge is 2.00 e. The minimum Gasteiger partial charge on any atom is -0.744 e. The molecule has 0 heterocycles. The maximum absolute atomic E-state index is 11.7. The van der Waals surface area contributed by atoms with Crippen LogP contribution in [0.3, 0.4) is 0 Å². The Morgan fingerprint density at radius 1 is 0.333 bits per heavy atom. The smallest absolute Gasteiger partial charge is 0.744 e. The number of anilines is 8. The molecule has 0 spiro atoms. The molecule has 34 nitrogen and oxygen atoms in total. The first-order chi connectivity index (χ1) is 34.4.